The maximum absolute atomic E-state index is 12.2. The monoisotopic (exact) mass is 291 g/mol. The van der Waals surface area contributed by atoms with Gasteiger partial charge in [-0.15, -0.1) is 0 Å². The summed E-state index contributed by atoms with van der Waals surface area (Å²) in [7, 11) is 0. The first-order chi connectivity index (χ1) is 9.92. The molecule has 1 aliphatic heterocycles. The third kappa shape index (κ3) is 3.33. The van der Waals surface area contributed by atoms with Crippen LogP contribution in [0, 0.1) is 19.8 Å². The Labute approximate surface area is 123 Å². The summed E-state index contributed by atoms with van der Waals surface area (Å²) in [5.41, 5.74) is 7.89. The summed E-state index contributed by atoms with van der Waals surface area (Å²) in [5, 5.41) is 12.0. The first-order valence-corrected chi connectivity index (χ1v) is 7.03. The van der Waals surface area contributed by atoms with E-state index in [1.165, 1.54) is 6.07 Å². The normalized spacial score (nSPS) is 17.9. The number of likely N-dealkylation sites (tertiary alicyclic amines) is 1. The highest BCUT2D eigenvalue weighted by Crippen LogP contribution is 2.21. The van der Waals surface area contributed by atoms with Crippen molar-refractivity contribution in [3.05, 3.63) is 28.8 Å². The van der Waals surface area contributed by atoms with Crippen LogP contribution in [0.1, 0.15) is 27.9 Å². The summed E-state index contributed by atoms with van der Waals surface area (Å²) in [4.78, 5) is 25.1. The van der Waals surface area contributed by atoms with Crippen LogP contribution in [0.5, 0.6) is 0 Å². The molecule has 1 heterocycles. The lowest BCUT2D eigenvalue weighted by Crippen LogP contribution is -2.33. The number of carboxylic acid groups (broad SMARTS) is 1. The number of aryl methyl sites for hydroxylation is 1. The van der Waals surface area contributed by atoms with Gasteiger partial charge in [-0.2, -0.15) is 0 Å². The van der Waals surface area contributed by atoms with Crippen molar-refractivity contribution < 1.29 is 14.7 Å². The van der Waals surface area contributed by atoms with Gasteiger partial charge in [0, 0.05) is 18.8 Å². The predicted molar refractivity (Wildman–Crippen MR) is 80.6 cm³/mol. The van der Waals surface area contributed by atoms with Crippen molar-refractivity contribution in [3.8, 4) is 0 Å². The first kappa shape index (κ1) is 15.3. The fourth-order valence-corrected chi connectivity index (χ4v) is 2.57. The molecule has 1 aliphatic rings. The molecular weight excluding hydrogens is 270 g/mol. The maximum Gasteiger partial charge on any atom is 0.336 e. The zero-order valence-electron chi connectivity index (χ0n) is 12.3. The van der Waals surface area contributed by atoms with E-state index in [0.29, 0.717) is 36.8 Å². The second-order valence-corrected chi connectivity index (χ2v) is 5.54. The summed E-state index contributed by atoms with van der Waals surface area (Å²) in [6, 6.07) is 3.08. The van der Waals surface area contributed by atoms with Crippen LogP contribution in [0.4, 0.5) is 10.5 Å². The molecule has 0 bridgehead atoms. The lowest BCUT2D eigenvalue weighted by Gasteiger charge is -2.18. The standard InChI is InChI=1S/C15H21N3O3/c1-9-5-12(6-13(10(9)2)14(19)20)17-15(21)18-4-3-11(7-16)8-18/h5-6,11H,3-4,7-8,16H2,1-2H3,(H,17,21)(H,19,20). The van der Waals surface area contributed by atoms with Gasteiger partial charge in [0.1, 0.15) is 0 Å². The lowest BCUT2D eigenvalue weighted by molar-refractivity contribution is 0.0696. The molecule has 4 N–H and O–H groups in total. The number of nitrogens with one attached hydrogen (secondary N) is 1. The molecule has 0 radical (unpaired) electrons. The number of amides is 2. The molecule has 21 heavy (non-hydrogen) atoms. The van der Waals surface area contributed by atoms with Crippen molar-refractivity contribution in [1.29, 1.82) is 0 Å². The number of urea groups is 1. The molecular formula is C15H21N3O3. The van der Waals surface area contributed by atoms with Gasteiger partial charge in [0.15, 0.2) is 0 Å². The summed E-state index contributed by atoms with van der Waals surface area (Å²) in [6.45, 7) is 5.51. The number of aromatic carboxylic acids is 1. The SMILES string of the molecule is Cc1cc(NC(=O)N2CCC(CN)C2)cc(C(=O)O)c1C. The van der Waals surface area contributed by atoms with Crippen molar-refractivity contribution in [2.75, 3.05) is 25.0 Å². The van der Waals surface area contributed by atoms with Gasteiger partial charge in [-0.25, -0.2) is 9.59 Å². The van der Waals surface area contributed by atoms with E-state index in [2.05, 4.69) is 5.32 Å². The molecule has 114 valence electrons. The van der Waals surface area contributed by atoms with Crippen LogP contribution in [0.3, 0.4) is 0 Å². The minimum atomic E-state index is -0.990. The molecule has 1 saturated heterocycles. The van der Waals surface area contributed by atoms with E-state index in [9.17, 15) is 14.7 Å². The number of rotatable bonds is 3. The van der Waals surface area contributed by atoms with Crippen molar-refractivity contribution in [2.24, 2.45) is 11.7 Å². The molecule has 1 atom stereocenters. The molecule has 0 aromatic heterocycles. The van der Waals surface area contributed by atoms with E-state index < -0.39 is 5.97 Å². The Morgan fingerprint density at radius 2 is 2.14 bits per heavy atom. The number of carbonyl (C=O) groups excluding carboxylic acids is 1. The minimum absolute atomic E-state index is 0.203. The van der Waals surface area contributed by atoms with Gasteiger partial charge in [-0.05, 0) is 56.0 Å². The predicted octanol–water partition coefficient (Wildman–Crippen LogP) is 1.81. The molecule has 1 unspecified atom stereocenters. The van der Waals surface area contributed by atoms with Crippen LogP contribution in [0.25, 0.3) is 0 Å². The third-order valence-electron chi connectivity index (χ3n) is 4.06. The quantitative estimate of drug-likeness (QED) is 0.791. The fourth-order valence-electron chi connectivity index (χ4n) is 2.57. The number of nitrogens with two attached hydrogens (primary N) is 1. The van der Waals surface area contributed by atoms with Crippen LogP contribution in [-0.4, -0.2) is 41.6 Å². The lowest BCUT2D eigenvalue weighted by atomic mass is 10.0. The Hall–Kier alpha value is -2.08. The van der Waals surface area contributed by atoms with E-state index in [1.54, 1.807) is 17.9 Å². The Balaban J connectivity index is 2.13. The van der Waals surface area contributed by atoms with E-state index in [-0.39, 0.29) is 11.6 Å². The van der Waals surface area contributed by atoms with Gasteiger partial charge < -0.3 is 21.1 Å². The number of hydrogen-bond acceptors (Lipinski definition) is 3. The van der Waals surface area contributed by atoms with Crippen LogP contribution in [0.2, 0.25) is 0 Å². The molecule has 1 fully saturated rings. The average Bonchev–Trinajstić information content (AvgIpc) is 2.91. The molecule has 2 rings (SSSR count). The number of carboxylic acids is 1. The Bertz CT molecular complexity index is 572. The van der Waals surface area contributed by atoms with E-state index in [1.807, 2.05) is 6.92 Å². The molecule has 1 aromatic rings. The smallest absolute Gasteiger partial charge is 0.336 e. The van der Waals surface area contributed by atoms with Crippen molar-refractivity contribution in [3.63, 3.8) is 0 Å². The first-order valence-electron chi connectivity index (χ1n) is 7.03. The molecule has 2 amide bonds. The molecule has 0 saturated carbocycles. The van der Waals surface area contributed by atoms with E-state index in [0.717, 1.165) is 12.0 Å². The van der Waals surface area contributed by atoms with Crippen LogP contribution >= 0.6 is 0 Å². The number of benzene rings is 1. The Morgan fingerprint density at radius 1 is 1.43 bits per heavy atom. The fraction of sp³-hybridized carbons (Fsp3) is 0.467. The zero-order chi connectivity index (χ0) is 15.6. The number of carbonyl (C=O) groups is 2. The van der Waals surface area contributed by atoms with Gasteiger partial charge in [0.05, 0.1) is 5.56 Å². The summed E-state index contributed by atoms with van der Waals surface area (Å²) >= 11 is 0. The van der Waals surface area contributed by atoms with Crippen molar-refractivity contribution in [2.45, 2.75) is 20.3 Å². The average molecular weight is 291 g/mol. The molecule has 6 heteroatoms. The van der Waals surface area contributed by atoms with Crippen LogP contribution in [-0.2, 0) is 0 Å². The largest absolute Gasteiger partial charge is 0.478 e. The van der Waals surface area contributed by atoms with E-state index >= 15 is 0 Å². The number of hydrogen-bond donors (Lipinski definition) is 3. The molecule has 6 nitrogen and oxygen atoms in total. The van der Waals surface area contributed by atoms with E-state index in [4.69, 9.17) is 5.73 Å². The Kier molecular flexibility index (Phi) is 4.47. The van der Waals surface area contributed by atoms with Gasteiger partial charge in [-0.3, -0.25) is 0 Å². The third-order valence-corrected chi connectivity index (χ3v) is 4.06. The van der Waals surface area contributed by atoms with Crippen molar-refractivity contribution in [1.82, 2.24) is 4.90 Å². The summed E-state index contributed by atoms with van der Waals surface area (Å²) < 4.78 is 0. The maximum atomic E-state index is 12.2. The van der Waals surface area contributed by atoms with Gasteiger partial charge in [0.25, 0.3) is 0 Å². The van der Waals surface area contributed by atoms with Gasteiger partial charge in [0.2, 0.25) is 0 Å². The highest BCUT2D eigenvalue weighted by Gasteiger charge is 2.25. The zero-order valence-corrected chi connectivity index (χ0v) is 12.3. The number of nitrogens with zero attached hydrogens (tertiary/aromatic N) is 1. The highest BCUT2D eigenvalue weighted by atomic mass is 16.4. The highest BCUT2D eigenvalue weighted by molar-refractivity contribution is 5.94. The van der Waals surface area contributed by atoms with Gasteiger partial charge in [-0.1, -0.05) is 0 Å². The topological polar surface area (TPSA) is 95.7 Å². The molecule has 1 aromatic carbocycles. The van der Waals surface area contributed by atoms with Crippen LogP contribution < -0.4 is 11.1 Å². The summed E-state index contributed by atoms with van der Waals surface area (Å²) in [5.74, 6) is -0.638. The second-order valence-electron chi connectivity index (χ2n) is 5.54. The minimum Gasteiger partial charge on any atom is -0.478 e. The Morgan fingerprint density at radius 3 is 2.71 bits per heavy atom. The van der Waals surface area contributed by atoms with Crippen LogP contribution in [0.15, 0.2) is 12.1 Å². The molecule has 0 aliphatic carbocycles. The van der Waals surface area contributed by atoms with Gasteiger partial charge >= 0.3 is 12.0 Å². The summed E-state index contributed by atoms with van der Waals surface area (Å²) in [6.07, 6.45) is 0.914. The number of anilines is 1. The second kappa shape index (κ2) is 6.13. The molecule has 0 spiro atoms. The van der Waals surface area contributed by atoms with Crippen molar-refractivity contribution >= 4 is 17.7 Å².